The van der Waals surface area contributed by atoms with E-state index in [2.05, 4.69) is 12.2 Å². The van der Waals surface area contributed by atoms with Crippen LogP contribution in [-0.2, 0) is 6.54 Å². The highest BCUT2D eigenvalue weighted by Gasteiger charge is 2.35. The third-order valence-electron chi connectivity index (χ3n) is 3.09. The third-order valence-corrected chi connectivity index (χ3v) is 3.09. The summed E-state index contributed by atoms with van der Waals surface area (Å²) in [6, 6.07) is 7.61. The van der Waals surface area contributed by atoms with Gasteiger partial charge in [0, 0.05) is 18.2 Å². The lowest BCUT2D eigenvalue weighted by molar-refractivity contribution is 0.565. The zero-order valence-corrected chi connectivity index (χ0v) is 9.17. The summed E-state index contributed by atoms with van der Waals surface area (Å²) in [6.45, 7) is 2.88. The highest BCUT2D eigenvalue weighted by molar-refractivity contribution is 5.17. The summed E-state index contributed by atoms with van der Waals surface area (Å²) >= 11 is 0. The standard InChI is InChI=1S/C13H18FN/c1-2-5-10-8-13(10)15-9-11-6-3-4-7-12(11)14/h3-4,6-7,10,13,15H,2,5,8-9H2,1H3. The topological polar surface area (TPSA) is 12.0 Å². The van der Waals surface area contributed by atoms with Gasteiger partial charge in [-0.15, -0.1) is 0 Å². The predicted molar refractivity (Wildman–Crippen MR) is 60.0 cm³/mol. The van der Waals surface area contributed by atoms with Gasteiger partial charge in [-0.25, -0.2) is 4.39 Å². The fourth-order valence-corrected chi connectivity index (χ4v) is 2.07. The van der Waals surface area contributed by atoms with Crippen LogP contribution in [0.4, 0.5) is 4.39 Å². The van der Waals surface area contributed by atoms with Crippen molar-refractivity contribution in [2.75, 3.05) is 0 Å². The first-order valence-electron chi connectivity index (χ1n) is 5.78. The first-order valence-corrected chi connectivity index (χ1v) is 5.78. The van der Waals surface area contributed by atoms with Gasteiger partial charge in [0.1, 0.15) is 5.82 Å². The average molecular weight is 207 g/mol. The maximum Gasteiger partial charge on any atom is 0.127 e. The molecule has 0 bridgehead atoms. The largest absolute Gasteiger partial charge is 0.310 e. The second-order valence-electron chi connectivity index (χ2n) is 4.36. The van der Waals surface area contributed by atoms with Gasteiger partial charge in [-0.3, -0.25) is 0 Å². The SMILES string of the molecule is CCCC1CC1NCc1ccccc1F. The van der Waals surface area contributed by atoms with E-state index < -0.39 is 0 Å². The fourth-order valence-electron chi connectivity index (χ4n) is 2.07. The Morgan fingerprint density at radius 2 is 2.20 bits per heavy atom. The number of benzene rings is 1. The van der Waals surface area contributed by atoms with Crippen LogP contribution in [0.1, 0.15) is 31.7 Å². The smallest absolute Gasteiger partial charge is 0.127 e. The van der Waals surface area contributed by atoms with Gasteiger partial charge in [0.05, 0.1) is 0 Å². The van der Waals surface area contributed by atoms with E-state index in [0.29, 0.717) is 12.6 Å². The molecule has 0 amide bonds. The van der Waals surface area contributed by atoms with E-state index >= 15 is 0 Å². The Morgan fingerprint density at radius 3 is 2.93 bits per heavy atom. The van der Waals surface area contributed by atoms with Crippen molar-refractivity contribution in [3.63, 3.8) is 0 Å². The Hall–Kier alpha value is -0.890. The van der Waals surface area contributed by atoms with Crippen LogP contribution in [0.15, 0.2) is 24.3 Å². The Bertz CT molecular complexity index is 324. The second kappa shape index (κ2) is 4.75. The highest BCUT2D eigenvalue weighted by atomic mass is 19.1. The van der Waals surface area contributed by atoms with Gasteiger partial charge < -0.3 is 5.32 Å². The van der Waals surface area contributed by atoms with Crippen LogP contribution in [0.3, 0.4) is 0 Å². The van der Waals surface area contributed by atoms with Gasteiger partial charge in [-0.2, -0.15) is 0 Å². The Balaban J connectivity index is 1.78. The van der Waals surface area contributed by atoms with E-state index in [4.69, 9.17) is 0 Å². The normalized spacial score (nSPS) is 24.1. The molecule has 0 heterocycles. The third kappa shape index (κ3) is 2.78. The van der Waals surface area contributed by atoms with Gasteiger partial charge in [0.25, 0.3) is 0 Å². The van der Waals surface area contributed by atoms with Crippen LogP contribution >= 0.6 is 0 Å². The van der Waals surface area contributed by atoms with E-state index in [1.807, 2.05) is 12.1 Å². The molecule has 15 heavy (non-hydrogen) atoms. The molecule has 2 heteroatoms. The molecule has 0 aromatic heterocycles. The molecule has 1 fully saturated rings. The van der Waals surface area contributed by atoms with Gasteiger partial charge in [0.15, 0.2) is 0 Å². The van der Waals surface area contributed by atoms with E-state index in [1.165, 1.54) is 25.3 Å². The summed E-state index contributed by atoms with van der Waals surface area (Å²) in [5, 5.41) is 3.41. The van der Waals surface area contributed by atoms with Crippen LogP contribution in [0.25, 0.3) is 0 Å². The molecule has 0 aliphatic heterocycles. The second-order valence-corrected chi connectivity index (χ2v) is 4.36. The number of nitrogens with one attached hydrogen (secondary N) is 1. The molecule has 1 saturated carbocycles. The Morgan fingerprint density at radius 1 is 1.40 bits per heavy atom. The van der Waals surface area contributed by atoms with E-state index in [9.17, 15) is 4.39 Å². The maximum atomic E-state index is 13.3. The van der Waals surface area contributed by atoms with Gasteiger partial charge in [0.2, 0.25) is 0 Å². The summed E-state index contributed by atoms with van der Waals surface area (Å²) < 4.78 is 13.3. The van der Waals surface area contributed by atoms with Gasteiger partial charge in [-0.05, 0) is 24.8 Å². The van der Waals surface area contributed by atoms with Crippen molar-refractivity contribution in [3.05, 3.63) is 35.6 Å². The molecule has 0 saturated heterocycles. The predicted octanol–water partition coefficient (Wildman–Crippen LogP) is 3.10. The van der Waals surface area contributed by atoms with Gasteiger partial charge >= 0.3 is 0 Å². The maximum absolute atomic E-state index is 13.3. The molecule has 1 aliphatic rings. The zero-order valence-electron chi connectivity index (χ0n) is 9.17. The minimum atomic E-state index is -0.0994. The van der Waals surface area contributed by atoms with Crippen molar-refractivity contribution < 1.29 is 4.39 Å². The summed E-state index contributed by atoms with van der Waals surface area (Å²) in [5.41, 5.74) is 0.777. The van der Waals surface area contributed by atoms with E-state index in [0.717, 1.165) is 11.5 Å². The molecule has 1 aliphatic carbocycles. The molecular weight excluding hydrogens is 189 g/mol. The molecule has 0 radical (unpaired) electrons. The van der Waals surface area contributed by atoms with Crippen LogP contribution in [0, 0.1) is 11.7 Å². The van der Waals surface area contributed by atoms with Crippen LogP contribution < -0.4 is 5.32 Å². The number of halogens is 1. The van der Waals surface area contributed by atoms with E-state index in [1.54, 1.807) is 6.07 Å². The lowest BCUT2D eigenvalue weighted by Crippen LogP contribution is -2.18. The Labute approximate surface area is 90.7 Å². The minimum Gasteiger partial charge on any atom is -0.310 e. The molecule has 1 nitrogen and oxygen atoms in total. The molecular formula is C13H18FN. The van der Waals surface area contributed by atoms with Crippen molar-refractivity contribution >= 4 is 0 Å². The zero-order chi connectivity index (χ0) is 10.7. The average Bonchev–Trinajstić information content (AvgIpc) is 2.96. The molecule has 82 valence electrons. The Kier molecular flexibility index (Phi) is 3.37. The lowest BCUT2D eigenvalue weighted by atomic mass is 10.2. The lowest BCUT2D eigenvalue weighted by Gasteiger charge is -2.04. The molecule has 0 spiro atoms. The molecule has 2 rings (SSSR count). The number of rotatable bonds is 5. The van der Waals surface area contributed by atoms with Crippen LogP contribution in [0.2, 0.25) is 0 Å². The summed E-state index contributed by atoms with van der Waals surface area (Å²) in [5.74, 6) is 0.736. The first kappa shape index (κ1) is 10.6. The van der Waals surface area contributed by atoms with Crippen molar-refractivity contribution in [1.29, 1.82) is 0 Å². The minimum absolute atomic E-state index is 0.0994. The summed E-state index contributed by atoms with van der Waals surface area (Å²) in [7, 11) is 0. The van der Waals surface area contributed by atoms with Crippen LogP contribution in [0.5, 0.6) is 0 Å². The number of hydrogen-bond acceptors (Lipinski definition) is 1. The van der Waals surface area contributed by atoms with Crippen molar-refractivity contribution in [1.82, 2.24) is 5.32 Å². The molecule has 2 unspecified atom stereocenters. The molecule has 1 aromatic carbocycles. The quantitative estimate of drug-likeness (QED) is 0.782. The van der Waals surface area contributed by atoms with E-state index in [-0.39, 0.29) is 5.82 Å². The highest BCUT2D eigenvalue weighted by Crippen LogP contribution is 2.34. The van der Waals surface area contributed by atoms with Gasteiger partial charge in [-0.1, -0.05) is 31.5 Å². The van der Waals surface area contributed by atoms with Crippen molar-refractivity contribution in [3.8, 4) is 0 Å². The molecule has 1 N–H and O–H groups in total. The van der Waals surface area contributed by atoms with Crippen molar-refractivity contribution in [2.45, 2.75) is 38.8 Å². The molecule has 1 aromatic rings. The number of hydrogen-bond donors (Lipinski definition) is 1. The monoisotopic (exact) mass is 207 g/mol. The molecule has 2 atom stereocenters. The summed E-state index contributed by atoms with van der Waals surface area (Å²) in [6.07, 6.45) is 3.82. The van der Waals surface area contributed by atoms with Crippen LogP contribution in [-0.4, -0.2) is 6.04 Å². The fraction of sp³-hybridized carbons (Fsp3) is 0.538. The summed E-state index contributed by atoms with van der Waals surface area (Å²) in [4.78, 5) is 0. The first-order chi connectivity index (χ1) is 7.31. The van der Waals surface area contributed by atoms with Crippen molar-refractivity contribution in [2.24, 2.45) is 5.92 Å².